The fourth-order valence-corrected chi connectivity index (χ4v) is 2.39. The van der Waals surface area contributed by atoms with Crippen molar-refractivity contribution in [2.24, 2.45) is 4.99 Å². The summed E-state index contributed by atoms with van der Waals surface area (Å²) in [5, 5.41) is 6.65. The number of rotatable bonds is 8. The van der Waals surface area contributed by atoms with E-state index in [2.05, 4.69) is 27.4 Å². The van der Waals surface area contributed by atoms with Crippen LogP contribution >= 0.6 is 0 Å². The summed E-state index contributed by atoms with van der Waals surface area (Å²) in [5.41, 5.74) is 0. The number of likely N-dealkylation sites (tertiary alicyclic amines) is 1. The van der Waals surface area contributed by atoms with Crippen molar-refractivity contribution in [2.75, 3.05) is 46.9 Å². The zero-order valence-corrected chi connectivity index (χ0v) is 12.7. The van der Waals surface area contributed by atoms with Crippen LogP contribution < -0.4 is 10.6 Å². The molecule has 0 aliphatic carbocycles. The summed E-state index contributed by atoms with van der Waals surface area (Å²) in [4.78, 5) is 6.78. The van der Waals surface area contributed by atoms with Gasteiger partial charge in [0.15, 0.2) is 5.96 Å². The Morgan fingerprint density at radius 1 is 1.32 bits per heavy atom. The molecule has 1 saturated heterocycles. The molecule has 0 bridgehead atoms. The second kappa shape index (κ2) is 10.0. The summed E-state index contributed by atoms with van der Waals surface area (Å²) < 4.78 is 5.10. The van der Waals surface area contributed by atoms with Crippen LogP contribution in [-0.2, 0) is 4.74 Å². The highest BCUT2D eigenvalue weighted by atomic mass is 16.5. The number of ether oxygens (including phenoxy) is 1. The van der Waals surface area contributed by atoms with Crippen LogP contribution in [0.2, 0.25) is 0 Å². The van der Waals surface area contributed by atoms with E-state index in [0.717, 1.165) is 12.5 Å². The van der Waals surface area contributed by atoms with Gasteiger partial charge in [-0.3, -0.25) is 4.99 Å². The lowest BCUT2D eigenvalue weighted by molar-refractivity contribution is 0.179. The first-order valence-electron chi connectivity index (χ1n) is 7.44. The van der Waals surface area contributed by atoms with E-state index >= 15 is 0 Å². The maximum atomic E-state index is 5.10. The largest absolute Gasteiger partial charge is 0.383 e. The molecule has 0 radical (unpaired) electrons. The van der Waals surface area contributed by atoms with Crippen LogP contribution in [0.1, 0.15) is 32.6 Å². The summed E-state index contributed by atoms with van der Waals surface area (Å²) in [5.74, 6) is 0.866. The van der Waals surface area contributed by atoms with Gasteiger partial charge < -0.3 is 20.3 Å². The molecule has 1 aliphatic rings. The lowest BCUT2D eigenvalue weighted by atomic mass is 10.3. The molecule has 5 heteroatoms. The first-order valence-corrected chi connectivity index (χ1v) is 7.44. The number of nitrogens with one attached hydrogen (secondary N) is 2. The van der Waals surface area contributed by atoms with Gasteiger partial charge in [-0.2, -0.15) is 0 Å². The molecule has 1 fully saturated rings. The third-order valence-electron chi connectivity index (χ3n) is 3.42. The average Bonchev–Trinajstić information content (AvgIpc) is 2.90. The molecule has 0 aromatic rings. The van der Waals surface area contributed by atoms with Crippen molar-refractivity contribution >= 4 is 5.96 Å². The highest BCUT2D eigenvalue weighted by Crippen LogP contribution is 2.07. The van der Waals surface area contributed by atoms with E-state index in [0.29, 0.717) is 6.61 Å². The first-order chi connectivity index (χ1) is 9.26. The van der Waals surface area contributed by atoms with Crippen molar-refractivity contribution < 1.29 is 4.74 Å². The molecule has 0 aromatic carbocycles. The lowest BCUT2D eigenvalue weighted by Crippen LogP contribution is -2.44. The van der Waals surface area contributed by atoms with Gasteiger partial charge in [-0.05, 0) is 52.2 Å². The minimum atomic E-state index is 0.279. The molecular formula is C14H30N4O. The summed E-state index contributed by atoms with van der Waals surface area (Å²) >= 11 is 0. The van der Waals surface area contributed by atoms with Gasteiger partial charge in [0.25, 0.3) is 0 Å². The predicted octanol–water partition coefficient (Wildman–Crippen LogP) is 1.06. The summed E-state index contributed by atoms with van der Waals surface area (Å²) in [6, 6.07) is 0.279. The third kappa shape index (κ3) is 7.38. The number of unbranched alkanes of at least 4 members (excludes halogenated alkanes) is 1. The Morgan fingerprint density at radius 3 is 2.68 bits per heavy atom. The van der Waals surface area contributed by atoms with Crippen molar-refractivity contribution in [1.29, 1.82) is 0 Å². The number of methoxy groups -OCH3 is 1. The topological polar surface area (TPSA) is 48.9 Å². The first kappa shape index (κ1) is 16.2. The molecule has 19 heavy (non-hydrogen) atoms. The molecule has 112 valence electrons. The average molecular weight is 270 g/mol. The normalized spacial score (nSPS) is 18.6. The van der Waals surface area contributed by atoms with Crippen molar-refractivity contribution in [3.05, 3.63) is 0 Å². The van der Waals surface area contributed by atoms with Crippen LogP contribution in [0, 0.1) is 0 Å². The number of hydrogen-bond donors (Lipinski definition) is 2. The van der Waals surface area contributed by atoms with Gasteiger partial charge in [0.1, 0.15) is 0 Å². The van der Waals surface area contributed by atoms with Gasteiger partial charge in [0, 0.05) is 26.7 Å². The van der Waals surface area contributed by atoms with E-state index in [1.165, 1.54) is 45.3 Å². The van der Waals surface area contributed by atoms with Gasteiger partial charge >= 0.3 is 0 Å². The van der Waals surface area contributed by atoms with Crippen molar-refractivity contribution in [3.8, 4) is 0 Å². The van der Waals surface area contributed by atoms with E-state index in [-0.39, 0.29) is 6.04 Å². The molecule has 2 N–H and O–H groups in total. The fraction of sp³-hybridized carbons (Fsp3) is 0.929. The maximum Gasteiger partial charge on any atom is 0.191 e. The molecule has 0 aromatic heterocycles. The standard InChI is InChI=1S/C14H30N4O/c1-13(12-19-3)17-14(15-2)16-8-4-5-9-18-10-6-7-11-18/h13H,4-12H2,1-3H3,(H2,15,16,17). The molecule has 0 saturated carbocycles. The van der Waals surface area contributed by atoms with Crippen molar-refractivity contribution in [2.45, 2.75) is 38.6 Å². The zero-order valence-electron chi connectivity index (χ0n) is 12.7. The third-order valence-corrected chi connectivity index (χ3v) is 3.42. The van der Waals surface area contributed by atoms with Crippen LogP contribution in [0.5, 0.6) is 0 Å². The molecule has 1 rings (SSSR count). The smallest absolute Gasteiger partial charge is 0.191 e. The van der Waals surface area contributed by atoms with Crippen LogP contribution in [0.15, 0.2) is 4.99 Å². The summed E-state index contributed by atoms with van der Waals surface area (Å²) in [6.45, 7) is 7.59. The van der Waals surface area contributed by atoms with Gasteiger partial charge in [0.05, 0.1) is 6.61 Å². The minimum absolute atomic E-state index is 0.279. The van der Waals surface area contributed by atoms with Crippen molar-refractivity contribution in [3.63, 3.8) is 0 Å². The Hall–Kier alpha value is -0.810. The Labute approximate surface area is 117 Å². The molecule has 1 aliphatic heterocycles. The molecule has 1 unspecified atom stereocenters. The second-order valence-electron chi connectivity index (χ2n) is 5.26. The van der Waals surface area contributed by atoms with Gasteiger partial charge in [-0.1, -0.05) is 0 Å². The highest BCUT2D eigenvalue weighted by molar-refractivity contribution is 5.79. The highest BCUT2D eigenvalue weighted by Gasteiger charge is 2.10. The van der Waals surface area contributed by atoms with Crippen LogP contribution in [0.25, 0.3) is 0 Å². The van der Waals surface area contributed by atoms with E-state index < -0.39 is 0 Å². The number of nitrogens with zero attached hydrogens (tertiary/aromatic N) is 2. The lowest BCUT2D eigenvalue weighted by Gasteiger charge is -2.18. The molecule has 1 atom stereocenters. The van der Waals surface area contributed by atoms with Gasteiger partial charge in [-0.25, -0.2) is 0 Å². The van der Waals surface area contributed by atoms with E-state index in [1.807, 2.05) is 0 Å². The summed E-state index contributed by atoms with van der Waals surface area (Å²) in [6.07, 6.45) is 5.21. The van der Waals surface area contributed by atoms with E-state index in [4.69, 9.17) is 4.74 Å². The van der Waals surface area contributed by atoms with Gasteiger partial charge in [0.2, 0.25) is 0 Å². The number of hydrogen-bond acceptors (Lipinski definition) is 3. The minimum Gasteiger partial charge on any atom is -0.383 e. The Balaban J connectivity index is 2.02. The monoisotopic (exact) mass is 270 g/mol. The van der Waals surface area contributed by atoms with Crippen LogP contribution in [-0.4, -0.2) is 63.8 Å². The Kier molecular flexibility index (Phi) is 8.58. The molecule has 5 nitrogen and oxygen atoms in total. The Morgan fingerprint density at radius 2 is 2.05 bits per heavy atom. The van der Waals surface area contributed by atoms with E-state index in [1.54, 1.807) is 14.2 Å². The van der Waals surface area contributed by atoms with Gasteiger partial charge in [-0.15, -0.1) is 0 Å². The SMILES string of the molecule is CN=C(NCCCCN1CCCC1)NC(C)COC. The van der Waals surface area contributed by atoms with Crippen LogP contribution in [0.3, 0.4) is 0 Å². The molecular weight excluding hydrogens is 240 g/mol. The number of guanidine groups is 1. The van der Waals surface area contributed by atoms with Crippen molar-refractivity contribution in [1.82, 2.24) is 15.5 Å². The molecule has 1 heterocycles. The molecule has 0 spiro atoms. The quantitative estimate of drug-likeness (QED) is 0.393. The number of aliphatic imine (C=N–C) groups is 1. The van der Waals surface area contributed by atoms with E-state index in [9.17, 15) is 0 Å². The fourth-order valence-electron chi connectivity index (χ4n) is 2.39. The predicted molar refractivity (Wildman–Crippen MR) is 80.7 cm³/mol. The molecule has 0 amide bonds. The zero-order chi connectivity index (χ0) is 13.9. The maximum absolute atomic E-state index is 5.10. The second-order valence-corrected chi connectivity index (χ2v) is 5.26. The summed E-state index contributed by atoms with van der Waals surface area (Å²) in [7, 11) is 3.52. The van der Waals surface area contributed by atoms with Crippen LogP contribution in [0.4, 0.5) is 0 Å². The Bertz CT molecular complexity index is 252.